The molecule has 0 saturated carbocycles. The van der Waals surface area contributed by atoms with Gasteiger partial charge in [0.15, 0.2) is 10.3 Å². The molecule has 1 heterocycles. The van der Waals surface area contributed by atoms with E-state index in [9.17, 15) is 4.79 Å². The molecule has 2 aromatic carbocycles. The van der Waals surface area contributed by atoms with Crippen molar-refractivity contribution in [3.63, 3.8) is 0 Å². The Kier molecular flexibility index (Phi) is 5.61. The molecule has 0 radical (unpaired) electrons. The molecular formula is C18H17N3OS2. The van der Waals surface area contributed by atoms with Gasteiger partial charge in [-0.05, 0) is 23.3 Å². The van der Waals surface area contributed by atoms with Crippen LogP contribution < -0.4 is 10.6 Å². The predicted molar refractivity (Wildman–Crippen MR) is 103 cm³/mol. The first kappa shape index (κ1) is 16.7. The number of thioether (sulfide) groups is 1. The number of hydrogen-bond acceptors (Lipinski definition) is 4. The number of nitrogens with one attached hydrogen (secondary N) is 2. The van der Waals surface area contributed by atoms with Gasteiger partial charge in [-0.1, -0.05) is 72.4 Å². The number of hydrogen-bond donors (Lipinski definition) is 2. The minimum atomic E-state index is -0.412. The molecular weight excluding hydrogens is 338 g/mol. The van der Waals surface area contributed by atoms with Crippen LogP contribution in [0, 0.1) is 0 Å². The molecule has 24 heavy (non-hydrogen) atoms. The van der Waals surface area contributed by atoms with Crippen LogP contribution in [0.4, 0.5) is 0 Å². The van der Waals surface area contributed by atoms with Gasteiger partial charge in [0.05, 0.1) is 12.5 Å². The molecule has 0 aromatic heterocycles. The average Bonchev–Trinajstić information content (AvgIpc) is 3.10. The summed E-state index contributed by atoms with van der Waals surface area (Å²) in [4.78, 5) is 17.1. The minimum absolute atomic E-state index is 0.159. The maximum absolute atomic E-state index is 12.8. The van der Waals surface area contributed by atoms with E-state index in [0.29, 0.717) is 0 Å². The summed E-state index contributed by atoms with van der Waals surface area (Å²) in [6.07, 6.45) is 0. The van der Waals surface area contributed by atoms with Crippen LogP contribution in [-0.4, -0.2) is 28.5 Å². The van der Waals surface area contributed by atoms with Crippen molar-refractivity contribution in [1.82, 2.24) is 10.6 Å². The second-order valence-electron chi connectivity index (χ2n) is 5.23. The van der Waals surface area contributed by atoms with Gasteiger partial charge in [0.1, 0.15) is 0 Å². The first-order valence-corrected chi connectivity index (χ1v) is 9.02. The van der Waals surface area contributed by atoms with Gasteiger partial charge in [0, 0.05) is 5.75 Å². The van der Waals surface area contributed by atoms with Crippen molar-refractivity contribution in [3.05, 3.63) is 71.8 Å². The molecule has 1 amide bonds. The van der Waals surface area contributed by atoms with Crippen molar-refractivity contribution in [3.8, 4) is 0 Å². The lowest BCUT2D eigenvalue weighted by Gasteiger charge is -2.18. The Bertz CT molecular complexity index is 708. The number of nitrogens with zero attached hydrogens (tertiary/aromatic N) is 1. The summed E-state index contributed by atoms with van der Waals surface area (Å²) in [5.74, 6) is 0.369. The number of aliphatic imine (C=N–C) groups is 1. The second kappa shape index (κ2) is 8.08. The van der Waals surface area contributed by atoms with Crippen LogP contribution in [0.25, 0.3) is 0 Å². The summed E-state index contributed by atoms with van der Waals surface area (Å²) in [7, 11) is 0. The van der Waals surface area contributed by atoms with Crippen LogP contribution in [0.2, 0.25) is 0 Å². The topological polar surface area (TPSA) is 53.5 Å². The molecule has 0 bridgehead atoms. The van der Waals surface area contributed by atoms with E-state index >= 15 is 0 Å². The molecule has 2 N–H and O–H groups in total. The van der Waals surface area contributed by atoms with Crippen LogP contribution in [0.3, 0.4) is 0 Å². The average molecular weight is 355 g/mol. The molecule has 0 saturated heterocycles. The Balaban J connectivity index is 1.78. The van der Waals surface area contributed by atoms with E-state index in [4.69, 9.17) is 12.2 Å². The Morgan fingerprint density at radius 2 is 1.62 bits per heavy atom. The molecule has 0 fully saturated rings. The third-order valence-electron chi connectivity index (χ3n) is 3.57. The molecule has 0 spiro atoms. The SMILES string of the molecule is O=C(NC(=S)NC1=NCCS1)C(c1ccccc1)c1ccccc1. The summed E-state index contributed by atoms with van der Waals surface area (Å²) >= 11 is 6.85. The summed E-state index contributed by atoms with van der Waals surface area (Å²) < 4.78 is 0. The van der Waals surface area contributed by atoms with E-state index in [1.807, 2.05) is 60.7 Å². The zero-order valence-electron chi connectivity index (χ0n) is 12.9. The molecule has 0 unspecified atom stereocenters. The Morgan fingerprint density at radius 1 is 1.04 bits per heavy atom. The largest absolute Gasteiger partial charge is 0.312 e. The van der Waals surface area contributed by atoms with Crippen LogP contribution in [0.5, 0.6) is 0 Å². The van der Waals surface area contributed by atoms with Gasteiger partial charge in [0.25, 0.3) is 0 Å². The predicted octanol–water partition coefficient (Wildman–Crippen LogP) is 2.91. The van der Waals surface area contributed by atoms with E-state index in [1.165, 1.54) is 0 Å². The quantitative estimate of drug-likeness (QED) is 0.832. The van der Waals surface area contributed by atoms with Gasteiger partial charge in [-0.2, -0.15) is 0 Å². The first-order valence-electron chi connectivity index (χ1n) is 7.63. The van der Waals surface area contributed by atoms with Gasteiger partial charge >= 0.3 is 0 Å². The lowest BCUT2D eigenvalue weighted by Crippen LogP contribution is -2.43. The third kappa shape index (κ3) is 4.21. The minimum Gasteiger partial charge on any atom is -0.312 e. The monoisotopic (exact) mass is 355 g/mol. The maximum Gasteiger partial charge on any atom is 0.238 e. The van der Waals surface area contributed by atoms with Gasteiger partial charge in [-0.25, -0.2) is 0 Å². The number of amidine groups is 1. The van der Waals surface area contributed by atoms with Crippen molar-refractivity contribution in [1.29, 1.82) is 0 Å². The third-order valence-corrected chi connectivity index (χ3v) is 4.67. The zero-order chi connectivity index (χ0) is 16.8. The van der Waals surface area contributed by atoms with Gasteiger partial charge in [0.2, 0.25) is 5.91 Å². The van der Waals surface area contributed by atoms with E-state index in [-0.39, 0.29) is 11.0 Å². The first-order chi connectivity index (χ1) is 11.7. The van der Waals surface area contributed by atoms with Crippen LogP contribution in [0.15, 0.2) is 65.7 Å². The fourth-order valence-electron chi connectivity index (χ4n) is 2.51. The highest BCUT2D eigenvalue weighted by Gasteiger charge is 2.23. The fraction of sp³-hybridized carbons (Fsp3) is 0.167. The summed E-state index contributed by atoms with van der Waals surface area (Å²) in [6.45, 7) is 0.778. The number of benzene rings is 2. The van der Waals surface area contributed by atoms with Crippen LogP contribution in [0.1, 0.15) is 17.0 Å². The molecule has 6 heteroatoms. The van der Waals surface area contributed by atoms with Crippen molar-refractivity contribution in [2.45, 2.75) is 5.92 Å². The molecule has 0 atom stereocenters. The number of amides is 1. The number of carbonyl (C=O) groups excluding carboxylic acids is 1. The normalized spacial score (nSPS) is 13.5. The van der Waals surface area contributed by atoms with E-state index < -0.39 is 5.92 Å². The molecule has 1 aliphatic rings. The highest BCUT2D eigenvalue weighted by molar-refractivity contribution is 8.14. The second-order valence-corrected chi connectivity index (χ2v) is 6.72. The van der Waals surface area contributed by atoms with Crippen molar-refractivity contribution < 1.29 is 4.79 Å². The number of rotatable bonds is 3. The highest BCUT2D eigenvalue weighted by Crippen LogP contribution is 2.24. The van der Waals surface area contributed by atoms with Gasteiger partial charge in [-0.3, -0.25) is 9.79 Å². The van der Waals surface area contributed by atoms with Crippen LogP contribution in [-0.2, 0) is 4.79 Å². The summed E-state index contributed by atoms with van der Waals surface area (Å²) in [6, 6.07) is 19.4. The maximum atomic E-state index is 12.8. The summed E-state index contributed by atoms with van der Waals surface area (Å²) in [5, 5.41) is 6.81. The van der Waals surface area contributed by atoms with Gasteiger partial charge < -0.3 is 10.6 Å². The number of carbonyl (C=O) groups is 1. The lowest BCUT2D eigenvalue weighted by atomic mass is 9.90. The van der Waals surface area contributed by atoms with Crippen molar-refractivity contribution >= 4 is 40.2 Å². The van der Waals surface area contributed by atoms with Crippen LogP contribution >= 0.6 is 24.0 Å². The molecule has 1 aliphatic heterocycles. The summed E-state index contributed by atoms with van der Waals surface area (Å²) in [5.41, 5.74) is 1.85. The van der Waals surface area contributed by atoms with Gasteiger partial charge in [-0.15, -0.1) is 0 Å². The molecule has 2 aromatic rings. The van der Waals surface area contributed by atoms with E-state index in [0.717, 1.165) is 28.6 Å². The smallest absolute Gasteiger partial charge is 0.238 e. The Labute approximate surface area is 150 Å². The lowest BCUT2D eigenvalue weighted by molar-refractivity contribution is -0.120. The standard InChI is InChI=1S/C18H17N3OS2/c22-16(20-17(23)21-18-19-11-12-24-18)15(13-7-3-1-4-8-13)14-9-5-2-6-10-14/h1-10,15H,11-12H2,(H2,19,20,21,22,23). The molecule has 122 valence electrons. The number of thiocarbonyl (C=S) groups is 1. The van der Waals surface area contributed by atoms with E-state index in [1.54, 1.807) is 11.8 Å². The van der Waals surface area contributed by atoms with Crippen molar-refractivity contribution in [2.75, 3.05) is 12.3 Å². The molecule has 0 aliphatic carbocycles. The van der Waals surface area contributed by atoms with Crippen molar-refractivity contribution in [2.24, 2.45) is 4.99 Å². The highest BCUT2D eigenvalue weighted by atomic mass is 32.2. The molecule has 3 rings (SSSR count). The molecule has 4 nitrogen and oxygen atoms in total. The zero-order valence-corrected chi connectivity index (χ0v) is 14.6. The Morgan fingerprint density at radius 3 is 2.12 bits per heavy atom. The Hall–Kier alpha value is -2.18. The van der Waals surface area contributed by atoms with E-state index in [2.05, 4.69) is 15.6 Å². The fourth-order valence-corrected chi connectivity index (χ4v) is 3.50.